The second-order valence-corrected chi connectivity index (χ2v) is 7.56. The number of alkyl carbamates (subject to hydrolysis) is 1. The van der Waals surface area contributed by atoms with Crippen LogP contribution in [0.4, 0.5) is 4.79 Å². The van der Waals surface area contributed by atoms with E-state index in [2.05, 4.69) is 26.6 Å². The molecule has 7 nitrogen and oxygen atoms in total. The molecule has 1 heterocycles. The van der Waals surface area contributed by atoms with Gasteiger partial charge in [0.1, 0.15) is 11.4 Å². The van der Waals surface area contributed by atoms with Gasteiger partial charge in [-0.2, -0.15) is 0 Å². The quantitative estimate of drug-likeness (QED) is 0.610. The lowest BCUT2D eigenvalue weighted by Crippen LogP contribution is -2.44. The Bertz CT molecular complexity index is 655. The second-order valence-electron chi connectivity index (χ2n) is 7.56. The highest BCUT2D eigenvalue weighted by atomic mass is 16.6. The number of rotatable bonds is 5. The first-order chi connectivity index (χ1) is 12.8. The summed E-state index contributed by atoms with van der Waals surface area (Å²) in [6, 6.07) is 8.08. The minimum Gasteiger partial charge on any atom is -0.494 e. The molecule has 2 rings (SSSR count). The highest BCUT2D eigenvalue weighted by Gasteiger charge is 2.27. The van der Waals surface area contributed by atoms with Gasteiger partial charge in [-0.1, -0.05) is 12.1 Å². The van der Waals surface area contributed by atoms with Crippen LogP contribution < -0.4 is 15.4 Å². The van der Waals surface area contributed by atoms with Crippen molar-refractivity contribution < 1.29 is 14.3 Å². The van der Waals surface area contributed by atoms with Gasteiger partial charge in [0.15, 0.2) is 5.96 Å². The lowest BCUT2D eigenvalue weighted by Gasteiger charge is -2.23. The monoisotopic (exact) mass is 376 g/mol. The molecule has 150 valence electrons. The van der Waals surface area contributed by atoms with Gasteiger partial charge in [0.2, 0.25) is 0 Å². The van der Waals surface area contributed by atoms with Crippen molar-refractivity contribution >= 4 is 12.1 Å². The van der Waals surface area contributed by atoms with Crippen molar-refractivity contribution in [3.05, 3.63) is 29.8 Å². The molecular formula is C20H32N4O3. The lowest BCUT2D eigenvalue weighted by atomic mass is 10.2. The van der Waals surface area contributed by atoms with Crippen LogP contribution in [0.5, 0.6) is 5.75 Å². The van der Waals surface area contributed by atoms with Crippen molar-refractivity contribution in [1.29, 1.82) is 0 Å². The van der Waals surface area contributed by atoms with Crippen molar-refractivity contribution in [1.82, 2.24) is 15.5 Å². The van der Waals surface area contributed by atoms with Gasteiger partial charge in [0.05, 0.1) is 12.6 Å². The number of guanidine groups is 1. The van der Waals surface area contributed by atoms with Crippen LogP contribution in [0.1, 0.15) is 39.7 Å². The van der Waals surface area contributed by atoms with E-state index in [1.54, 1.807) is 7.05 Å². The van der Waals surface area contributed by atoms with E-state index in [4.69, 9.17) is 9.47 Å². The molecule has 1 atom stereocenters. The number of hydrogen-bond acceptors (Lipinski definition) is 4. The molecule has 27 heavy (non-hydrogen) atoms. The molecule has 2 N–H and O–H groups in total. The molecule has 1 aromatic rings. The molecule has 1 saturated heterocycles. The second kappa shape index (κ2) is 9.48. The maximum atomic E-state index is 11.9. The van der Waals surface area contributed by atoms with E-state index in [1.807, 2.05) is 45.9 Å². The van der Waals surface area contributed by atoms with Crippen LogP contribution in [0.3, 0.4) is 0 Å². The Kier molecular flexibility index (Phi) is 7.33. The Morgan fingerprint density at radius 2 is 2.15 bits per heavy atom. The summed E-state index contributed by atoms with van der Waals surface area (Å²) in [5.74, 6) is 1.69. The fraction of sp³-hybridized carbons (Fsp3) is 0.600. The number of nitrogens with one attached hydrogen (secondary N) is 2. The van der Waals surface area contributed by atoms with Gasteiger partial charge in [0.25, 0.3) is 0 Å². The van der Waals surface area contributed by atoms with E-state index in [1.165, 1.54) is 0 Å². The molecule has 1 aliphatic heterocycles. The topological polar surface area (TPSA) is 75.2 Å². The Hall–Kier alpha value is -2.44. The summed E-state index contributed by atoms with van der Waals surface area (Å²) in [6.45, 7) is 10.4. The van der Waals surface area contributed by atoms with Crippen molar-refractivity contribution in [3.63, 3.8) is 0 Å². The van der Waals surface area contributed by atoms with Gasteiger partial charge >= 0.3 is 6.09 Å². The van der Waals surface area contributed by atoms with Crippen LogP contribution in [-0.2, 0) is 11.3 Å². The van der Waals surface area contributed by atoms with Crippen LogP contribution in [0, 0.1) is 0 Å². The first kappa shape index (κ1) is 20.9. The van der Waals surface area contributed by atoms with Gasteiger partial charge in [-0.15, -0.1) is 0 Å². The molecule has 0 bridgehead atoms. The van der Waals surface area contributed by atoms with Crippen molar-refractivity contribution in [2.45, 2.75) is 52.3 Å². The van der Waals surface area contributed by atoms with Crippen LogP contribution in [0.2, 0.25) is 0 Å². The lowest BCUT2D eigenvalue weighted by molar-refractivity contribution is 0.0507. The highest BCUT2D eigenvalue weighted by molar-refractivity contribution is 5.80. The van der Waals surface area contributed by atoms with Gasteiger partial charge in [-0.3, -0.25) is 4.99 Å². The molecule has 1 fully saturated rings. The Morgan fingerprint density at radius 3 is 2.81 bits per heavy atom. The minimum absolute atomic E-state index is 0.0553. The van der Waals surface area contributed by atoms with Crippen molar-refractivity contribution in [2.75, 3.05) is 26.7 Å². The Labute approximate surface area is 162 Å². The number of ether oxygens (including phenoxy) is 2. The largest absolute Gasteiger partial charge is 0.494 e. The summed E-state index contributed by atoms with van der Waals surface area (Å²) in [4.78, 5) is 18.5. The molecule has 7 heteroatoms. The predicted octanol–water partition coefficient (Wildman–Crippen LogP) is 2.76. The number of carbonyl (C=O) groups is 1. The first-order valence-corrected chi connectivity index (χ1v) is 9.47. The molecule has 1 aromatic carbocycles. The molecule has 1 unspecified atom stereocenters. The average Bonchev–Trinajstić information content (AvgIpc) is 3.02. The van der Waals surface area contributed by atoms with Gasteiger partial charge < -0.3 is 25.0 Å². The average molecular weight is 377 g/mol. The molecule has 0 aromatic heterocycles. The Morgan fingerprint density at radius 1 is 1.37 bits per heavy atom. The maximum absolute atomic E-state index is 11.9. The predicted molar refractivity (Wildman–Crippen MR) is 107 cm³/mol. The third-order valence-electron chi connectivity index (χ3n) is 4.08. The van der Waals surface area contributed by atoms with Crippen LogP contribution in [0.25, 0.3) is 0 Å². The van der Waals surface area contributed by atoms with E-state index in [0.717, 1.165) is 30.2 Å². The van der Waals surface area contributed by atoms with Crippen LogP contribution >= 0.6 is 0 Å². The summed E-state index contributed by atoms with van der Waals surface area (Å²) in [5.41, 5.74) is 0.639. The molecular weight excluding hydrogens is 344 g/mol. The number of hydrogen-bond donors (Lipinski definition) is 2. The zero-order chi connectivity index (χ0) is 19.9. The summed E-state index contributed by atoms with van der Waals surface area (Å²) in [7, 11) is 1.77. The van der Waals surface area contributed by atoms with E-state index in [-0.39, 0.29) is 12.1 Å². The van der Waals surface area contributed by atoms with E-state index in [9.17, 15) is 4.79 Å². The number of nitrogens with zero attached hydrogens (tertiary/aromatic N) is 2. The smallest absolute Gasteiger partial charge is 0.407 e. The number of carbonyl (C=O) groups excluding carboxylic acids is 1. The third-order valence-corrected chi connectivity index (χ3v) is 4.08. The minimum atomic E-state index is -0.490. The molecule has 1 aliphatic rings. The highest BCUT2D eigenvalue weighted by Crippen LogP contribution is 2.14. The van der Waals surface area contributed by atoms with Crippen LogP contribution in [0.15, 0.2) is 29.3 Å². The summed E-state index contributed by atoms with van der Waals surface area (Å²) >= 11 is 0. The van der Waals surface area contributed by atoms with Gasteiger partial charge in [-0.05, 0) is 51.8 Å². The third kappa shape index (κ3) is 7.00. The first-order valence-electron chi connectivity index (χ1n) is 9.47. The number of likely N-dealkylation sites (tertiary alicyclic amines) is 1. The molecule has 0 radical (unpaired) electrons. The Balaban J connectivity index is 1.84. The number of amides is 1. The molecule has 0 spiro atoms. The van der Waals surface area contributed by atoms with Gasteiger partial charge in [0, 0.05) is 26.7 Å². The van der Waals surface area contributed by atoms with Gasteiger partial charge in [-0.25, -0.2) is 4.79 Å². The zero-order valence-corrected chi connectivity index (χ0v) is 17.0. The summed E-state index contributed by atoms with van der Waals surface area (Å²) in [6.07, 6.45) is 0.491. The normalized spacial score (nSPS) is 17.6. The standard InChI is InChI=1S/C20H32N4O3/c1-6-26-17-9-7-8-15(12-17)13-22-18(21-5)24-11-10-16(14-24)23-19(25)27-20(2,3)4/h7-9,12,16H,6,10-11,13-14H2,1-5H3,(H,21,22)(H,23,25). The van der Waals surface area contributed by atoms with E-state index < -0.39 is 5.60 Å². The SMILES string of the molecule is CCOc1cccc(CNC(=NC)N2CCC(NC(=O)OC(C)(C)C)C2)c1. The van der Waals surface area contributed by atoms with E-state index in [0.29, 0.717) is 19.7 Å². The van der Waals surface area contributed by atoms with Crippen LogP contribution in [-0.4, -0.2) is 55.3 Å². The van der Waals surface area contributed by atoms with E-state index >= 15 is 0 Å². The zero-order valence-electron chi connectivity index (χ0n) is 17.0. The van der Waals surface area contributed by atoms with Crippen molar-refractivity contribution in [2.24, 2.45) is 4.99 Å². The summed E-state index contributed by atoms with van der Waals surface area (Å²) in [5, 5.41) is 6.32. The number of benzene rings is 1. The van der Waals surface area contributed by atoms with Crippen molar-refractivity contribution in [3.8, 4) is 5.75 Å². The molecule has 1 amide bonds. The molecule has 0 saturated carbocycles. The fourth-order valence-electron chi connectivity index (χ4n) is 2.97. The maximum Gasteiger partial charge on any atom is 0.407 e. The fourth-order valence-corrected chi connectivity index (χ4v) is 2.97. The molecule has 0 aliphatic carbocycles. The number of aliphatic imine (C=N–C) groups is 1. The summed E-state index contributed by atoms with van der Waals surface area (Å²) < 4.78 is 10.9.